The van der Waals surface area contributed by atoms with Gasteiger partial charge in [-0.3, -0.25) is 9.59 Å². The van der Waals surface area contributed by atoms with Gasteiger partial charge in [0, 0.05) is 60.1 Å². The zero-order valence-corrected chi connectivity index (χ0v) is 23.6. The third kappa shape index (κ3) is 6.72. The molecule has 1 fully saturated rings. The molecule has 2 amide bonds. The van der Waals surface area contributed by atoms with Crippen LogP contribution >= 0.6 is 11.6 Å². The van der Waals surface area contributed by atoms with Crippen molar-refractivity contribution < 1.29 is 14.0 Å². The van der Waals surface area contributed by atoms with E-state index < -0.39 is 5.82 Å². The number of likely N-dealkylation sites (tertiary alicyclic amines) is 1. The van der Waals surface area contributed by atoms with E-state index in [1.54, 1.807) is 17.2 Å². The van der Waals surface area contributed by atoms with Gasteiger partial charge in [0.05, 0.1) is 22.5 Å². The Bertz CT molecular complexity index is 1600. The van der Waals surface area contributed by atoms with Crippen LogP contribution in [0.15, 0.2) is 67.0 Å². The average Bonchev–Trinajstić information content (AvgIpc) is 3.38. The van der Waals surface area contributed by atoms with Crippen LogP contribution in [-0.2, 0) is 4.79 Å². The fourth-order valence-electron chi connectivity index (χ4n) is 4.79. The third-order valence-corrected chi connectivity index (χ3v) is 7.19. The number of anilines is 2. The molecule has 0 atom stereocenters. The second-order valence-corrected chi connectivity index (χ2v) is 10.6. The van der Waals surface area contributed by atoms with E-state index in [4.69, 9.17) is 11.6 Å². The van der Waals surface area contributed by atoms with Crippen molar-refractivity contribution in [3.63, 3.8) is 0 Å². The van der Waals surface area contributed by atoms with E-state index in [2.05, 4.69) is 25.6 Å². The van der Waals surface area contributed by atoms with Crippen molar-refractivity contribution in [1.82, 2.24) is 24.8 Å². The van der Waals surface area contributed by atoms with Crippen molar-refractivity contribution in [2.24, 2.45) is 0 Å². The lowest BCUT2D eigenvalue weighted by Gasteiger charge is -2.32. The highest BCUT2D eigenvalue weighted by Crippen LogP contribution is 2.32. The highest BCUT2D eigenvalue weighted by Gasteiger charge is 2.26. The van der Waals surface area contributed by atoms with E-state index in [1.165, 1.54) is 24.3 Å². The van der Waals surface area contributed by atoms with Crippen molar-refractivity contribution in [1.29, 1.82) is 0 Å². The van der Waals surface area contributed by atoms with E-state index in [0.29, 0.717) is 49.1 Å². The summed E-state index contributed by atoms with van der Waals surface area (Å²) >= 11 is 6.45. The van der Waals surface area contributed by atoms with Crippen molar-refractivity contribution >= 4 is 46.0 Å². The van der Waals surface area contributed by atoms with Crippen LogP contribution in [0.3, 0.4) is 0 Å². The first-order valence-corrected chi connectivity index (χ1v) is 13.7. The number of aromatic amines is 1. The van der Waals surface area contributed by atoms with E-state index in [1.807, 2.05) is 49.5 Å². The lowest BCUT2D eigenvalue weighted by Crippen LogP contribution is -2.42. The number of carbonyl (C=O) groups excluding carboxylic acids is 2. The number of benzene rings is 2. The molecule has 0 bridgehead atoms. The summed E-state index contributed by atoms with van der Waals surface area (Å²) in [7, 11) is 3.78. The van der Waals surface area contributed by atoms with Gasteiger partial charge in [-0.1, -0.05) is 35.9 Å². The van der Waals surface area contributed by atoms with E-state index >= 15 is 0 Å². The molecule has 5 rings (SSSR count). The zero-order valence-electron chi connectivity index (χ0n) is 22.8. The molecule has 1 aliphatic rings. The molecule has 4 aromatic rings. The van der Waals surface area contributed by atoms with Gasteiger partial charge in [-0.25, -0.2) is 14.4 Å². The van der Waals surface area contributed by atoms with Gasteiger partial charge in [0.2, 0.25) is 11.9 Å². The zero-order chi connectivity index (χ0) is 28.9. The molecule has 212 valence electrons. The molecule has 3 heterocycles. The van der Waals surface area contributed by atoms with Gasteiger partial charge in [-0.2, -0.15) is 0 Å². The predicted molar refractivity (Wildman–Crippen MR) is 160 cm³/mol. The van der Waals surface area contributed by atoms with Crippen molar-refractivity contribution in [2.75, 3.05) is 44.4 Å². The molecule has 0 spiro atoms. The first-order chi connectivity index (χ1) is 19.8. The topological polar surface area (TPSA) is 106 Å². The summed E-state index contributed by atoms with van der Waals surface area (Å²) in [4.78, 5) is 40.9. The molecule has 1 aliphatic heterocycles. The Morgan fingerprint density at radius 1 is 1.20 bits per heavy atom. The maximum atomic E-state index is 14.8. The lowest BCUT2D eigenvalue weighted by molar-refractivity contribution is -0.111. The highest BCUT2D eigenvalue weighted by molar-refractivity contribution is 6.33. The fourth-order valence-corrected chi connectivity index (χ4v) is 4.99. The molecule has 0 radical (unpaired) electrons. The molecular weight excluding hydrogens is 545 g/mol. The minimum Gasteiger partial charge on any atom is -0.360 e. The molecule has 0 aliphatic carbocycles. The third-order valence-electron chi connectivity index (χ3n) is 6.91. The summed E-state index contributed by atoms with van der Waals surface area (Å²) < 4.78 is 14.8. The van der Waals surface area contributed by atoms with Gasteiger partial charge < -0.3 is 25.4 Å². The average molecular weight is 576 g/mol. The molecule has 41 heavy (non-hydrogen) atoms. The Kier molecular flexibility index (Phi) is 8.61. The van der Waals surface area contributed by atoms with Crippen LogP contribution in [-0.4, -0.2) is 76.3 Å². The summed E-state index contributed by atoms with van der Waals surface area (Å²) in [5, 5.41) is 7.45. The van der Waals surface area contributed by atoms with Crippen LogP contribution in [0.1, 0.15) is 23.2 Å². The number of hydrogen-bond acceptors (Lipinski definition) is 6. The molecule has 0 unspecified atom stereocenters. The maximum absolute atomic E-state index is 14.8. The second-order valence-electron chi connectivity index (χ2n) is 10.2. The summed E-state index contributed by atoms with van der Waals surface area (Å²) in [5.41, 5.74) is 2.78. The molecule has 3 N–H and O–H groups in total. The number of nitrogens with zero attached hydrogens (tertiary/aromatic N) is 4. The summed E-state index contributed by atoms with van der Waals surface area (Å²) in [5.74, 6) is -0.961. The number of rotatable bonds is 8. The molecule has 0 saturated carbocycles. The molecule has 2 aromatic carbocycles. The number of amides is 2. The number of halogens is 2. The molecule has 2 aromatic heterocycles. The molecule has 11 heteroatoms. The van der Waals surface area contributed by atoms with Gasteiger partial charge in [-0.05, 0) is 51.2 Å². The second kappa shape index (κ2) is 12.5. The van der Waals surface area contributed by atoms with Crippen LogP contribution < -0.4 is 10.6 Å². The largest absolute Gasteiger partial charge is 0.360 e. The number of carbonyl (C=O) groups is 2. The number of aromatic nitrogens is 3. The van der Waals surface area contributed by atoms with Crippen LogP contribution in [0.25, 0.3) is 22.2 Å². The summed E-state index contributed by atoms with van der Waals surface area (Å²) in [6.45, 7) is 1.52. The number of fused-ring (bicyclic) bond motifs is 1. The number of para-hydroxylation sites is 1. The molecule has 1 saturated heterocycles. The number of hydrogen-bond donors (Lipinski definition) is 3. The summed E-state index contributed by atoms with van der Waals surface area (Å²) in [6, 6.07) is 12.1. The van der Waals surface area contributed by atoms with Crippen LogP contribution in [0.2, 0.25) is 5.02 Å². The van der Waals surface area contributed by atoms with E-state index in [0.717, 1.165) is 16.5 Å². The van der Waals surface area contributed by atoms with Gasteiger partial charge in [0.15, 0.2) is 0 Å². The molecule has 9 nitrogen and oxygen atoms in total. The maximum Gasteiger partial charge on any atom is 0.256 e. The van der Waals surface area contributed by atoms with Crippen LogP contribution in [0.5, 0.6) is 0 Å². The Hall–Kier alpha value is -4.28. The Labute approximate surface area is 242 Å². The highest BCUT2D eigenvalue weighted by atomic mass is 35.5. The normalized spacial score (nSPS) is 14.2. The smallest absolute Gasteiger partial charge is 0.256 e. The van der Waals surface area contributed by atoms with Crippen LogP contribution in [0, 0.1) is 5.82 Å². The number of nitrogens with one attached hydrogen (secondary N) is 3. The quantitative estimate of drug-likeness (QED) is 0.250. The predicted octanol–water partition coefficient (Wildman–Crippen LogP) is 5.19. The van der Waals surface area contributed by atoms with E-state index in [-0.39, 0.29) is 29.1 Å². The first-order valence-electron chi connectivity index (χ1n) is 13.3. The Morgan fingerprint density at radius 3 is 2.73 bits per heavy atom. The minimum atomic E-state index is -0.676. The monoisotopic (exact) mass is 575 g/mol. The SMILES string of the molecule is CN(C)C/C=C/C(=O)Nc1ccc(C(=O)N2CCC(Nc3ncc(Cl)c(-c4c[nH]c5ccccc45)n3)CC2)c(F)c1. The Morgan fingerprint density at radius 2 is 1.98 bits per heavy atom. The van der Waals surface area contributed by atoms with Gasteiger partial charge >= 0.3 is 0 Å². The van der Waals surface area contributed by atoms with Crippen molar-refractivity contribution in [3.05, 3.63) is 83.4 Å². The van der Waals surface area contributed by atoms with Gasteiger partial charge in [0.1, 0.15) is 5.82 Å². The number of H-pyrrole nitrogens is 1. The van der Waals surface area contributed by atoms with E-state index in [9.17, 15) is 14.0 Å². The number of likely N-dealkylation sites (N-methyl/N-ethyl adjacent to an activating group) is 1. The van der Waals surface area contributed by atoms with Crippen LogP contribution in [0.4, 0.5) is 16.0 Å². The summed E-state index contributed by atoms with van der Waals surface area (Å²) in [6.07, 6.45) is 7.87. The Balaban J connectivity index is 1.18. The minimum absolute atomic E-state index is 0.0260. The standard InChI is InChI=1S/C30H31ClFN7O2/c1-38(2)13-5-8-27(40)35-20-9-10-22(25(32)16-20)29(41)39-14-11-19(12-15-39)36-30-34-18-24(31)28(37-30)23-17-33-26-7-4-3-6-21(23)26/h3-10,16-19,33H,11-15H2,1-2H3,(H,35,40)(H,34,36,37)/b8-5+. The van der Waals surface area contributed by atoms with Gasteiger partial charge in [0.25, 0.3) is 5.91 Å². The van der Waals surface area contributed by atoms with Crippen molar-refractivity contribution in [2.45, 2.75) is 18.9 Å². The molecular formula is C30H31ClFN7O2. The van der Waals surface area contributed by atoms with Gasteiger partial charge in [-0.15, -0.1) is 0 Å². The number of piperidine rings is 1. The lowest BCUT2D eigenvalue weighted by atomic mass is 10.0. The van der Waals surface area contributed by atoms with Crippen molar-refractivity contribution in [3.8, 4) is 11.3 Å². The fraction of sp³-hybridized carbons (Fsp3) is 0.267. The first kappa shape index (κ1) is 28.3.